The smallest absolute Gasteiger partial charge is 0.137 e. The predicted octanol–water partition coefficient (Wildman–Crippen LogP) is 1.62. The Labute approximate surface area is 120 Å². The number of aromatic nitrogens is 1. The predicted molar refractivity (Wildman–Crippen MR) is 75.8 cm³/mol. The molecule has 1 saturated heterocycles. The lowest BCUT2D eigenvalue weighted by Gasteiger charge is -2.19. The van der Waals surface area contributed by atoms with E-state index in [1.165, 1.54) is 0 Å². The second kappa shape index (κ2) is 8.53. The van der Waals surface area contributed by atoms with Crippen molar-refractivity contribution in [3.63, 3.8) is 0 Å². The largest absolute Gasteiger partial charge is 0.490 e. The molecule has 0 aliphatic carbocycles. The molecule has 2 unspecified atom stereocenters. The molecule has 1 fully saturated rings. The van der Waals surface area contributed by atoms with Crippen molar-refractivity contribution in [2.45, 2.75) is 12.5 Å². The van der Waals surface area contributed by atoms with Gasteiger partial charge in [0.2, 0.25) is 0 Å². The zero-order valence-electron chi connectivity index (χ0n) is 10.4. The highest BCUT2D eigenvalue weighted by Crippen LogP contribution is 2.21. The fourth-order valence-corrected chi connectivity index (χ4v) is 2.15. The fraction of sp³-hybridized carbons (Fsp3) is 0.583. The van der Waals surface area contributed by atoms with Gasteiger partial charge in [-0.2, -0.15) is 0 Å². The third-order valence-corrected chi connectivity index (χ3v) is 3.11. The molecule has 18 heavy (non-hydrogen) atoms. The minimum absolute atomic E-state index is 0. The molecule has 1 aromatic rings. The number of halogens is 2. The lowest BCUT2D eigenvalue weighted by Crippen LogP contribution is -2.30. The molecule has 0 spiro atoms. The monoisotopic (exact) mass is 294 g/mol. The Morgan fingerprint density at radius 3 is 2.83 bits per heavy atom. The second-order valence-electron chi connectivity index (χ2n) is 4.38. The number of hydrogen-bond acceptors (Lipinski definition) is 4. The molecule has 0 aromatic carbocycles. The van der Waals surface area contributed by atoms with Crippen LogP contribution in [0.15, 0.2) is 24.5 Å². The highest BCUT2D eigenvalue weighted by atomic mass is 35.5. The third kappa shape index (κ3) is 4.61. The van der Waals surface area contributed by atoms with Gasteiger partial charge in [0.25, 0.3) is 0 Å². The highest BCUT2D eigenvalue weighted by molar-refractivity contribution is 5.85. The standard InChI is InChI=1S/C12H18N2O2.2ClH/c1-14-7-10(8-15)5-11(14)9-16-12-3-2-4-13-6-12;;/h2-4,6,10-11,15H,5,7-9H2,1H3;2*1H. The number of ether oxygens (including phenoxy) is 1. The van der Waals surface area contributed by atoms with Crippen LogP contribution in [0.25, 0.3) is 0 Å². The van der Waals surface area contributed by atoms with Gasteiger partial charge in [-0.1, -0.05) is 0 Å². The number of pyridine rings is 1. The van der Waals surface area contributed by atoms with Crippen LogP contribution in [-0.4, -0.2) is 47.8 Å². The van der Waals surface area contributed by atoms with E-state index >= 15 is 0 Å². The summed E-state index contributed by atoms with van der Waals surface area (Å²) in [5.41, 5.74) is 0. The Bertz CT molecular complexity index is 327. The number of likely N-dealkylation sites (N-methyl/N-ethyl adjacent to an activating group) is 1. The van der Waals surface area contributed by atoms with E-state index in [1.54, 1.807) is 12.4 Å². The van der Waals surface area contributed by atoms with Gasteiger partial charge in [-0.05, 0) is 31.5 Å². The normalized spacial score (nSPS) is 23.0. The number of hydrogen-bond donors (Lipinski definition) is 1. The van der Waals surface area contributed by atoms with E-state index in [0.29, 0.717) is 18.6 Å². The maximum absolute atomic E-state index is 9.11. The van der Waals surface area contributed by atoms with Gasteiger partial charge >= 0.3 is 0 Å². The summed E-state index contributed by atoms with van der Waals surface area (Å²) in [6, 6.07) is 4.17. The van der Waals surface area contributed by atoms with E-state index in [-0.39, 0.29) is 31.4 Å². The van der Waals surface area contributed by atoms with Gasteiger partial charge in [0.05, 0.1) is 6.20 Å². The molecule has 1 N–H and O–H groups in total. The summed E-state index contributed by atoms with van der Waals surface area (Å²) in [6.45, 7) is 1.89. The minimum atomic E-state index is 0. The first-order valence-corrected chi connectivity index (χ1v) is 5.63. The Morgan fingerprint density at radius 1 is 1.50 bits per heavy atom. The van der Waals surface area contributed by atoms with Gasteiger partial charge in [-0.25, -0.2) is 0 Å². The van der Waals surface area contributed by atoms with Crippen molar-refractivity contribution in [2.24, 2.45) is 5.92 Å². The van der Waals surface area contributed by atoms with E-state index in [4.69, 9.17) is 9.84 Å². The Balaban J connectivity index is 0.00000144. The summed E-state index contributed by atoms with van der Waals surface area (Å²) in [4.78, 5) is 6.25. The maximum atomic E-state index is 9.11. The molecule has 2 rings (SSSR count). The molecule has 0 saturated carbocycles. The van der Waals surface area contributed by atoms with Crippen LogP contribution in [0, 0.1) is 5.92 Å². The van der Waals surface area contributed by atoms with Crippen LogP contribution >= 0.6 is 24.8 Å². The van der Waals surface area contributed by atoms with Crippen LogP contribution in [0.1, 0.15) is 6.42 Å². The van der Waals surface area contributed by atoms with Gasteiger partial charge in [0, 0.05) is 25.4 Å². The van der Waals surface area contributed by atoms with Crippen molar-refractivity contribution in [2.75, 3.05) is 26.8 Å². The van der Waals surface area contributed by atoms with Gasteiger partial charge in [-0.15, -0.1) is 24.8 Å². The van der Waals surface area contributed by atoms with Gasteiger partial charge in [0.1, 0.15) is 12.4 Å². The molecule has 2 atom stereocenters. The Morgan fingerprint density at radius 2 is 2.28 bits per heavy atom. The molecule has 4 nitrogen and oxygen atoms in total. The van der Waals surface area contributed by atoms with Crippen molar-refractivity contribution in [3.8, 4) is 5.75 Å². The maximum Gasteiger partial charge on any atom is 0.137 e. The average molecular weight is 295 g/mol. The van der Waals surface area contributed by atoms with Crippen molar-refractivity contribution >= 4 is 24.8 Å². The first-order chi connectivity index (χ1) is 7.79. The van der Waals surface area contributed by atoms with Gasteiger partial charge in [-0.3, -0.25) is 9.88 Å². The van der Waals surface area contributed by atoms with Crippen LogP contribution in [0.4, 0.5) is 0 Å². The van der Waals surface area contributed by atoms with Crippen LogP contribution in [0.2, 0.25) is 0 Å². The molecule has 2 heterocycles. The van der Waals surface area contributed by atoms with Crippen LogP contribution in [-0.2, 0) is 0 Å². The quantitative estimate of drug-likeness (QED) is 0.917. The zero-order valence-corrected chi connectivity index (χ0v) is 12.0. The molecule has 0 radical (unpaired) electrons. The van der Waals surface area contributed by atoms with Crippen molar-refractivity contribution in [1.29, 1.82) is 0 Å². The molecule has 0 bridgehead atoms. The molecule has 1 aromatic heterocycles. The lowest BCUT2D eigenvalue weighted by atomic mass is 10.1. The van der Waals surface area contributed by atoms with Crippen molar-refractivity contribution in [1.82, 2.24) is 9.88 Å². The Hall–Kier alpha value is -0.550. The molecule has 1 aliphatic rings. The Kier molecular flexibility index (Phi) is 8.27. The van der Waals surface area contributed by atoms with Crippen LogP contribution in [0.3, 0.4) is 0 Å². The summed E-state index contributed by atoms with van der Waals surface area (Å²) in [5, 5.41) is 9.11. The number of nitrogens with zero attached hydrogens (tertiary/aromatic N) is 2. The van der Waals surface area contributed by atoms with Crippen LogP contribution < -0.4 is 4.74 Å². The molecule has 6 heteroatoms. The van der Waals surface area contributed by atoms with E-state index in [9.17, 15) is 0 Å². The lowest BCUT2D eigenvalue weighted by molar-refractivity contribution is 0.197. The summed E-state index contributed by atoms with van der Waals surface area (Å²) in [5.74, 6) is 1.20. The third-order valence-electron chi connectivity index (χ3n) is 3.11. The van der Waals surface area contributed by atoms with Crippen LogP contribution in [0.5, 0.6) is 5.75 Å². The van der Waals surface area contributed by atoms with E-state index in [0.717, 1.165) is 18.7 Å². The molecule has 0 amide bonds. The number of aliphatic hydroxyl groups excluding tert-OH is 1. The summed E-state index contributed by atoms with van der Waals surface area (Å²) in [6.07, 6.45) is 4.46. The van der Waals surface area contributed by atoms with Gasteiger partial charge < -0.3 is 9.84 Å². The molecular weight excluding hydrogens is 275 g/mol. The highest BCUT2D eigenvalue weighted by Gasteiger charge is 2.29. The molecular formula is C12H20Cl2N2O2. The van der Waals surface area contributed by atoms with E-state index < -0.39 is 0 Å². The first-order valence-electron chi connectivity index (χ1n) is 5.63. The van der Waals surface area contributed by atoms with E-state index in [2.05, 4.69) is 16.9 Å². The molecule has 104 valence electrons. The van der Waals surface area contributed by atoms with Gasteiger partial charge in [0.15, 0.2) is 0 Å². The summed E-state index contributed by atoms with van der Waals surface area (Å²) >= 11 is 0. The molecule has 1 aliphatic heterocycles. The minimum Gasteiger partial charge on any atom is -0.490 e. The number of rotatable bonds is 4. The fourth-order valence-electron chi connectivity index (χ4n) is 2.15. The SMILES string of the molecule is CN1CC(CO)CC1COc1cccnc1.Cl.Cl. The average Bonchev–Trinajstić information content (AvgIpc) is 2.69. The summed E-state index contributed by atoms with van der Waals surface area (Å²) in [7, 11) is 2.08. The topological polar surface area (TPSA) is 45.6 Å². The number of aliphatic hydroxyl groups is 1. The number of likely N-dealkylation sites (tertiary alicyclic amines) is 1. The van der Waals surface area contributed by atoms with Crippen molar-refractivity contribution in [3.05, 3.63) is 24.5 Å². The second-order valence-corrected chi connectivity index (χ2v) is 4.38. The first kappa shape index (κ1) is 17.4. The van der Waals surface area contributed by atoms with E-state index in [1.807, 2.05) is 12.1 Å². The van der Waals surface area contributed by atoms with Crippen molar-refractivity contribution < 1.29 is 9.84 Å². The summed E-state index contributed by atoms with van der Waals surface area (Å²) < 4.78 is 5.67. The zero-order chi connectivity index (χ0) is 11.4.